The van der Waals surface area contributed by atoms with Crippen molar-refractivity contribution < 1.29 is 23.9 Å². The minimum absolute atomic E-state index is 0.270. The second-order valence-electron chi connectivity index (χ2n) is 6.66. The number of aryl methyl sites for hydroxylation is 3. The maximum Gasteiger partial charge on any atom is 0.326 e. The predicted molar refractivity (Wildman–Crippen MR) is 106 cm³/mol. The number of Topliss-reactive ketones (excluding diaryl/α,β-unsaturated/α-hetero) is 1. The fourth-order valence-corrected chi connectivity index (χ4v) is 2.76. The molecule has 0 aliphatic rings. The molecule has 0 fully saturated rings. The third-order valence-electron chi connectivity index (χ3n) is 4.51. The molecule has 2 aromatic rings. The van der Waals surface area contributed by atoms with Crippen LogP contribution in [-0.4, -0.2) is 37.4 Å². The molecule has 0 aliphatic heterocycles. The van der Waals surface area contributed by atoms with Crippen molar-refractivity contribution in [2.75, 3.05) is 13.7 Å². The summed E-state index contributed by atoms with van der Waals surface area (Å²) in [6.07, 6.45) is -0.943. The number of hydrogen-bond donors (Lipinski definition) is 1. The Kier molecular flexibility index (Phi) is 6.93. The van der Waals surface area contributed by atoms with Crippen molar-refractivity contribution in [3.05, 3.63) is 64.2 Å². The van der Waals surface area contributed by atoms with E-state index in [4.69, 9.17) is 9.47 Å². The van der Waals surface area contributed by atoms with Crippen molar-refractivity contribution in [3.63, 3.8) is 0 Å². The van der Waals surface area contributed by atoms with E-state index < -0.39 is 18.0 Å². The van der Waals surface area contributed by atoms with Crippen molar-refractivity contribution in [2.45, 2.75) is 33.8 Å². The van der Waals surface area contributed by atoms with E-state index in [9.17, 15) is 14.4 Å². The van der Waals surface area contributed by atoms with E-state index in [0.717, 1.165) is 16.7 Å². The van der Waals surface area contributed by atoms with Crippen molar-refractivity contribution in [1.82, 2.24) is 5.32 Å². The molecule has 148 valence electrons. The molecule has 1 amide bonds. The Bertz CT molecular complexity index is 904. The highest BCUT2D eigenvalue weighted by Crippen LogP contribution is 2.18. The lowest BCUT2D eigenvalue weighted by Crippen LogP contribution is -2.34. The fourth-order valence-electron chi connectivity index (χ4n) is 2.76. The smallest absolute Gasteiger partial charge is 0.326 e. The van der Waals surface area contributed by atoms with Gasteiger partial charge < -0.3 is 14.8 Å². The first kappa shape index (κ1) is 21.2. The molecule has 2 rings (SSSR count). The van der Waals surface area contributed by atoms with Gasteiger partial charge in [-0.15, -0.1) is 0 Å². The Morgan fingerprint density at radius 2 is 1.68 bits per heavy atom. The lowest BCUT2D eigenvalue weighted by atomic mass is 9.96. The fraction of sp³-hybridized carbons (Fsp3) is 0.318. The number of esters is 1. The number of nitrogens with one attached hydrogen (secondary N) is 1. The molecule has 0 bridgehead atoms. The summed E-state index contributed by atoms with van der Waals surface area (Å²) in [6, 6.07) is 10.3. The van der Waals surface area contributed by atoms with Crippen molar-refractivity contribution in [2.24, 2.45) is 0 Å². The van der Waals surface area contributed by atoms with Crippen LogP contribution in [0.25, 0.3) is 0 Å². The molecule has 0 aromatic heterocycles. The van der Waals surface area contributed by atoms with Crippen LogP contribution in [0.1, 0.15) is 44.3 Å². The lowest BCUT2D eigenvalue weighted by Gasteiger charge is -2.15. The largest absolute Gasteiger partial charge is 0.497 e. The summed E-state index contributed by atoms with van der Waals surface area (Å²) in [5.41, 5.74) is 3.82. The van der Waals surface area contributed by atoms with E-state index in [1.807, 2.05) is 32.9 Å². The lowest BCUT2D eigenvalue weighted by molar-refractivity contribution is -0.145. The average Bonchev–Trinajstić information content (AvgIpc) is 2.68. The molecule has 0 heterocycles. The SMILES string of the molecule is COc1cccc(C(=O)NCC(=O)O[C@H](C)C(=O)c2cc(C)c(C)cc2C)c1. The third kappa shape index (κ3) is 5.19. The van der Waals surface area contributed by atoms with Gasteiger partial charge in [0.1, 0.15) is 12.3 Å². The Hall–Kier alpha value is -3.15. The molecule has 0 aliphatic carbocycles. The van der Waals surface area contributed by atoms with Crippen LogP contribution in [0, 0.1) is 20.8 Å². The van der Waals surface area contributed by atoms with Gasteiger partial charge in [0.25, 0.3) is 5.91 Å². The molecule has 0 saturated carbocycles. The first-order valence-corrected chi connectivity index (χ1v) is 8.96. The van der Waals surface area contributed by atoms with Crippen LogP contribution in [0.4, 0.5) is 0 Å². The van der Waals surface area contributed by atoms with Crippen LogP contribution < -0.4 is 10.1 Å². The van der Waals surface area contributed by atoms with Crippen molar-refractivity contribution >= 4 is 17.7 Å². The number of hydrogen-bond acceptors (Lipinski definition) is 5. The molecule has 6 heteroatoms. The molecule has 2 aromatic carbocycles. The van der Waals surface area contributed by atoms with Crippen LogP contribution in [0.2, 0.25) is 0 Å². The van der Waals surface area contributed by atoms with Gasteiger partial charge in [-0.25, -0.2) is 0 Å². The Morgan fingerprint density at radius 1 is 1.00 bits per heavy atom. The normalized spacial score (nSPS) is 11.5. The summed E-state index contributed by atoms with van der Waals surface area (Å²) in [7, 11) is 1.50. The van der Waals surface area contributed by atoms with Gasteiger partial charge in [-0.1, -0.05) is 12.1 Å². The standard InChI is InChI=1S/C22H25NO5/c1-13-9-15(3)19(10-14(13)2)21(25)16(4)28-20(24)12-23-22(26)17-7-6-8-18(11-17)27-5/h6-11,16H,12H2,1-5H3,(H,23,26)/t16-/m1/s1. The highest BCUT2D eigenvalue weighted by Gasteiger charge is 2.22. The maximum atomic E-state index is 12.6. The zero-order valence-electron chi connectivity index (χ0n) is 16.8. The number of rotatable bonds is 7. The minimum Gasteiger partial charge on any atom is -0.497 e. The molecule has 1 atom stereocenters. The number of carbonyl (C=O) groups is 3. The van der Waals surface area contributed by atoms with E-state index in [-0.39, 0.29) is 12.3 Å². The van der Waals surface area contributed by atoms with Gasteiger partial charge in [0.15, 0.2) is 6.10 Å². The molecule has 0 radical (unpaired) electrons. The molecule has 0 unspecified atom stereocenters. The number of methoxy groups -OCH3 is 1. The summed E-state index contributed by atoms with van der Waals surface area (Å²) in [5, 5.41) is 2.48. The first-order chi connectivity index (χ1) is 13.2. The average molecular weight is 383 g/mol. The number of ketones is 1. The second kappa shape index (κ2) is 9.17. The Balaban J connectivity index is 1.94. The van der Waals surface area contributed by atoms with E-state index in [1.165, 1.54) is 14.0 Å². The summed E-state index contributed by atoms with van der Waals surface area (Å²) in [6.45, 7) is 6.95. The topological polar surface area (TPSA) is 81.7 Å². The van der Waals surface area contributed by atoms with Gasteiger partial charge >= 0.3 is 5.97 Å². The van der Waals surface area contributed by atoms with E-state index in [0.29, 0.717) is 16.9 Å². The van der Waals surface area contributed by atoms with Crippen LogP contribution in [0.3, 0.4) is 0 Å². The van der Waals surface area contributed by atoms with Crippen molar-refractivity contribution in [1.29, 1.82) is 0 Å². The van der Waals surface area contributed by atoms with Gasteiger partial charge in [-0.2, -0.15) is 0 Å². The summed E-state index contributed by atoms with van der Waals surface area (Å²) >= 11 is 0. The van der Waals surface area contributed by atoms with Gasteiger partial charge in [0.05, 0.1) is 7.11 Å². The minimum atomic E-state index is -0.943. The number of benzene rings is 2. The van der Waals surface area contributed by atoms with Crippen LogP contribution in [0.5, 0.6) is 5.75 Å². The quantitative estimate of drug-likeness (QED) is 0.587. The number of amides is 1. The Labute approximate surface area is 164 Å². The van der Waals surface area contributed by atoms with Crippen LogP contribution >= 0.6 is 0 Å². The number of ether oxygens (including phenoxy) is 2. The monoisotopic (exact) mass is 383 g/mol. The molecule has 0 saturated heterocycles. The van der Waals surface area contributed by atoms with Gasteiger partial charge in [0, 0.05) is 11.1 Å². The molecule has 6 nitrogen and oxygen atoms in total. The van der Waals surface area contributed by atoms with E-state index in [1.54, 1.807) is 24.3 Å². The van der Waals surface area contributed by atoms with E-state index in [2.05, 4.69) is 5.32 Å². The third-order valence-corrected chi connectivity index (χ3v) is 4.51. The predicted octanol–water partition coefficient (Wildman–Crippen LogP) is 3.16. The summed E-state index contributed by atoms with van der Waals surface area (Å²) < 4.78 is 10.3. The summed E-state index contributed by atoms with van der Waals surface area (Å²) in [4.78, 5) is 36.8. The zero-order valence-corrected chi connectivity index (χ0v) is 16.8. The molecule has 28 heavy (non-hydrogen) atoms. The number of carbonyl (C=O) groups excluding carboxylic acids is 3. The highest BCUT2D eigenvalue weighted by atomic mass is 16.5. The van der Waals surface area contributed by atoms with Crippen LogP contribution in [0.15, 0.2) is 36.4 Å². The van der Waals surface area contributed by atoms with Gasteiger partial charge in [-0.05, 0) is 68.7 Å². The molecule has 0 spiro atoms. The van der Waals surface area contributed by atoms with Crippen LogP contribution in [-0.2, 0) is 9.53 Å². The molecular formula is C22H25NO5. The first-order valence-electron chi connectivity index (χ1n) is 8.96. The molecule has 1 N–H and O–H groups in total. The zero-order chi connectivity index (χ0) is 20.8. The Morgan fingerprint density at radius 3 is 2.36 bits per heavy atom. The van der Waals surface area contributed by atoms with E-state index >= 15 is 0 Å². The second-order valence-corrected chi connectivity index (χ2v) is 6.66. The highest BCUT2D eigenvalue weighted by molar-refractivity contribution is 6.02. The maximum absolute atomic E-state index is 12.6. The van der Waals surface area contributed by atoms with Crippen molar-refractivity contribution in [3.8, 4) is 5.75 Å². The van der Waals surface area contributed by atoms with Gasteiger partial charge in [0.2, 0.25) is 5.78 Å². The van der Waals surface area contributed by atoms with Gasteiger partial charge in [-0.3, -0.25) is 14.4 Å². The molecular weight excluding hydrogens is 358 g/mol. The summed E-state index contributed by atoms with van der Waals surface area (Å²) in [5.74, 6) is -0.843.